The number of para-hydroxylation sites is 2. The quantitative estimate of drug-likeness (QED) is 0.190. The maximum absolute atomic E-state index is 6.63. The Morgan fingerprint density at radius 3 is 1.92 bits per heavy atom. The molecule has 10 rings (SSSR count). The highest BCUT2D eigenvalue weighted by Gasteiger charge is 2.42. The summed E-state index contributed by atoms with van der Waals surface area (Å²) >= 11 is 0. The number of aryl methyl sites for hydroxylation is 2. The number of hydrogen-bond acceptors (Lipinski definition) is 2. The van der Waals surface area contributed by atoms with Crippen molar-refractivity contribution in [2.45, 2.75) is 52.4 Å². The molecule has 2 heteroatoms. The highest BCUT2D eigenvalue weighted by atomic mass is 16.3. The molecule has 2 aliphatic carbocycles. The van der Waals surface area contributed by atoms with E-state index in [0.29, 0.717) is 0 Å². The first-order chi connectivity index (χ1) is 24.1. The van der Waals surface area contributed by atoms with Crippen LogP contribution in [0.15, 0.2) is 132 Å². The van der Waals surface area contributed by atoms with Crippen molar-refractivity contribution in [3.8, 4) is 22.3 Å². The van der Waals surface area contributed by atoms with Crippen LogP contribution in [0.25, 0.3) is 55.0 Å². The molecule has 0 radical (unpaired) electrons. The molecule has 0 spiro atoms. The van der Waals surface area contributed by atoms with Gasteiger partial charge in [0.1, 0.15) is 5.58 Å². The Morgan fingerprint density at radius 2 is 1.12 bits per heavy atom. The van der Waals surface area contributed by atoms with Crippen LogP contribution in [-0.4, -0.2) is 0 Å². The number of benzene rings is 7. The summed E-state index contributed by atoms with van der Waals surface area (Å²) in [4.78, 5) is 2.40. The van der Waals surface area contributed by atoms with Crippen molar-refractivity contribution in [2.24, 2.45) is 0 Å². The predicted octanol–water partition coefficient (Wildman–Crippen LogP) is 13.4. The second kappa shape index (κ2) is 9.98. The first-order valence-corrected chi connectivity index (χ1v) is 17.8. The topological polar surface area (TPSA) is 16.4 Å². The van der Waals surface area contributed by atoms with Gasteiger partial charge in [-0.15, -0.1) is 0 Å². The Bertz CT molecular complexity index is 2720. The van der Waals surface area contributed by atoms with E-state index in [-0.39, 0.29) is 10.8 Å². The summed E-state index contributed by atoms with van der Waals surface area (Å²) in [6, 6.07) is 47.3. The summed E-state index contributed by atoms with van der Waals surface area (Å²) < 4.78 is 6.63. The third-order valence-corrected chi connectivity index (χ3v) is 11.7. The smallest absolute Gasteiger partial charge is 0.159 e. The lowest BCUT2D eigenvalue weighted by atomic mass is 9.78. The van der Waals surface area contributed by atoms with E-state index in [1.807, 2.05) is 6.07 Å². The second-order valence-corrected chi connectivity index (χ2v) is 15.6. The zero-order chi connectivity index (χ0) is 34.1. The van der Waals surface area contributed by atoms with Gasteiger partial charge in [0.05, 0.1) is 5.69 Å². The Balaban J connectivity index is 1.17. The number of anilines is 3. The number of rotatable bonds is 3. The molecule has 0 saturated carbocycles. The highest BCUT2D eigenvalue weighted by molar-refractivity contribution is 6.10. The molecule has 0 N–H and O–H groups in total. The molecule has 50 heavy (non-hydrogen) atoms. The van der Waals surface area contributed by atoms with E-state index in [9.17, 15) is 0 Å². The van der Waals surface area contributed by atoms with Crippen molar-refractivity contribution in [2.75, 3.05) is 4.90 Å². The van der Waals surface area contributed by atoms with Gasteiger partial charge in [-0.05, 0) is 129 Å². The van der Waals surface area contributed by atoms with Crippen LogP contribution < -0.4 is 4.90 Å². The minimum Gasteiger partial charge on any atom is -0.454 e. The molecule has 8 aromatic rings. The van der Waals surface area contributed by atoms with E-state index in [0.717, 1.165) is 39.0 Å². The summed E-state index contributed by atoms with van der Waals surface area (Å²) in [6.07, 6.45) is 0. The lowest BCUT2D eigenvalue weighted by molar-refractivity contribution is 0.654. The third-order valence-electron chi connectivity index (χ3n) is 11.7. The van der Waals surface area contributed by atoms with Gasteiger partial charge in [-0.25, -0.2) is 0 Å². The van der Waals surface area contributed by atoms with Crippen molar-refractivity contribution < 1.29 is 4.42 Å². The fourth-order valence-electron chi connectivity index (χ4n) is 9.37. The van der Waals surface area contributed by atoms with Gasteiger partial charge in [-0.2, -0.15) is 0 Å². The molecule has 0 fully saturated rings. The Morgan fingerprint density at radius 1 is 0.480 bits per heavy atom. The predicted molar refractivity (Wildman–Crippen MR) is 211 cm³/mol. The van der Waals surface area contributed by atoms with Gasteiger partial charge in [-0.1, -0.05) is 107 Å². The fraction of sp³-hybridized carbons (Fsp3) is 0.167. The largest absolute Gasteiger partial charge is 0.454 e. The average molecular weight is 646 g/mol. The summed E-state index contributed by atoms with van der Waals surface area (Å²) in [5.41, 5.74) is 18.4. The monoisotopic (exact) mass is 645 g/mol. The van der Waals surface area contributed by atoms with E-state index in [1.54, 1.807) is 0 Å². The number of nitrogens with zero attached hydrogens (tertiary/aromatic N) is 1. The van der Waals surface area contributed by atoms with Crippen LogP contribution in [0.3, 0.4) is 0 Å². The third kappa shape index (κ3) is 3.91. The van der Waals surface area contributed by atoms with E-state index in [4.69, 9.17) is 4.42 Å². The van der Waals surface area contributed by atoms with E-state index >= 15 is 0 Å². The van der Waals surface area contributed by atoms with Crippen LogP contribution in [0.1, 0.15) is 61.1 Å². The molecule has 0 bridgehead atoms. The molecule has 2 nitrogen and oxygen atoms in total. The number of hydrogen-bond donors (Lipinski definition) is 0. The SMILES string of the molecule is Cc1cc(C)cc(N(c2ccc3c(c2)C(C)(C)c2cc4c(cc2-3)C(C)(C)c2c-4ccc3ccccc23)c2cccc3c2oc2ccccc23)c1. The van der Waals surface area contributed by atoms with Crippen LogP contribution in [0.4, 0.5) is 17.1 Å². The van der Waals surface area contributed by atoms with Crippen LogP contribution in [0, 0.1) is 13.8 Å². The summed E-state index contributed by atoms with van der Waals surface area (Å²) in [5, 5.41) is 4.94. The normalized spacial score (nSPS) is 14.9. The molecule has 0 atom stereocenters. The fourth-order valence-corrected chi connectivity index (χ4v) is 9.37. The average Bonchev–Trinajstić information content (AvgIpc) is 3.67. The molecule has 2 aliphatic rings. The molecular weight excluding hydrogens is 607 g/mol. The molecule has 242 valence electrons. The highest BCUT2D eigenvalue weighted by Crippen LogP contribution is 2.58. The summed E-state index contributed by atoms with van der Waals surface area (Å²) in [6.45, 7) is 14.0. The first-order valence-electron chi connectivity index (χ1n) is 17.8. The maximum atomic E-state index is 6.63. The Labute approximate surface area is 293 Å². The molecule has 0 aliphatic heterocycles. The zero-order valence-corrected chi connectivity index (χ0v) is 29.5. The van der Waals surface area contributed by atoms with Gasteiger partial charge in [0.15, 0.2) is 5.58 Å². The molecule has 0 amide bonds. The minimum absolute atomic E-state index is 0.0987. The lowest BCUT2D eigenvalue weighted by Gasteiger charge is -2.28. The zero-order valence-electron chi connectivity index (χ0n) is 29.5. The van der Waals surface area contributed by atoms with Gasteiger partial charge < -0.3 is 9.32 Å². The van der Waals surface area contributed by atoms with Crippen molar-refractivity contribution in [1.82, 2.24) is 0 Å². The standard InChI is InChI=1S/C48H39NO/c1-28-22-29(2)24-32(23-28)49(43-16-11-15-37-35-14-9-10-17-44(35)50-46(37)43)31-19-21-34-38-26-42-39(27-41(38)47(3,4)40(34)25-31)36-20-18-30-12-7-8-13-33(30)45(36)48(42,5)6/h7-27H,1-6H3. The van der Waals surface area contributed by atoms with Crippen molar-refractivity contribution in [3.63, 3.8) is 0 Å². The van der Waals surface area contributed by atoms with Gasteiger partial charge in [0.25, 0.3) is 0 Å². The lowest BCUT2D eigenvalue weighted by Crippen LogP contribution is -2.18. The molecular formula is C48H39NO. The Hall–Kier alpha value is -5.60. The van der Waals surface area contributed by atoms with Gasteiger partial charge in [0, 0.05) is 33.0 Å². The van der Waals surface area contributed by atoms with Gasteiger partial charge in [-0.3, -0.25) is 0 Å². The van der Waals surface area contributed by atoms with Crippen LogP contribution >= 0.6 is 0 Å². The molecule has 1 heterocycles. The summed E-state index contributed by atoms with van der Waals surface area (Å²) in [5.74, 6) is 0. The summed E-state index contributed by atoms with van der Waals surface area (Å²) in [7, 11) is 0. The van der Waals surface area contributed by atoms with E-state index < -0.39 is 0 Å². The van der Waals surface area contributed by atoms with Crippen molar-refractivity contribution >= 4 is 49.8 Å². The Kier molecular flexibility index (Phi) is 5.86. The molecule has 7 aromatic carbocycles. The van der Waals surface area contributed by atoms with Gasteiger partial charge >= 0.3 is 0 Å². The molecule has 0 unspecified atom stereocenters. The minimum atomic E-state index is -0.182. The molecule has 1 aromatic heterocycles. The van der Waals surface area contributed by atoms with E-state index in [2.05, 4.69) is 168 Å². The van der Waals surface area contributed by atoms with Crippen LogP contribution in [-0.2, 0) is 10.8 Å². The van der Waals surface area contributed by atoms with E-state index in [1.165, 1.54) is 66.4 Å². The second-order valence-electron chi connectivity index (χ2n) is 15.6. The molecule has 0 saturated heterocycles. The van der Waals surface area contributed by atoms with Crippen LogP contribution in [0.2, 0.25) is 0 Å². The van der Waals surface area contributed by atoms with Crippen molar-refractivity contribution in [3.05, 3.63) is 161 Å². The van der Waals surface area contributed by atoms with Gasteiger partial charge in [0.2, 0.25) is 0 Å². The van der Waals surface area contributed by atoms with Crippen LogP contribution in [0.5, 0.6) is 0 Å². The number of furan rings is 1. The first kappa shape index (κ1) is 29.3. The number of fused-ring (bicyclic) bond motifs is 11. The maximum Gasteiger partial charge on any atom is 0.159 e. The van der Waals surface area contributed by atoms with Crippen molar-refractivity contribution in [1.29, 1.82) is 0 Å².